The van der Waals surface area contributed by atoms with E-state index < -0.39 is 0 Å². The van der Waals surface area contributed by atoms with Crippen molar-refractivity contribution in [1.82, 2.24) is 14.9 Å². The summed E-state index contributed by atoms with van der Waals surface area (Å²) in [5.41, 5.74) is 1.47. The molecule has 1 aromatic heterocycles. The zero-order chi connectivity index (χ0) is 18.6. The number of aromatic nitrogens is 2. The number of carbonyl (C=O) groups is 1. The quantitative estimate of drug-likeness (QED) is 0.824. The van der Waals surface area contributed by atoms with Gasteiger partial charge in [-0.2, -0.15) is 0 Å². The van der Waals surface area contributed by atoms with Gasteiger partial charge in [-0.25, -0.2) is 9.97 Å². The van der Waals surface area contributed by atoms with Crippen LogP contribution in [0.3, 0.4) is 0 Å². The summed E-state index contributed by atoms with van der Waals surface area (Å²) in [6.45, 7) is 4.33. The van der Waals surface area contributed by atoms with Crippen LogP contribution in [0.2, 0.25) is 0 Å². The zero-order valence-corrected chi connectivity index (χ0v) is 15.6. The number of benzene rings is 1. The van der Waals surface area contributed by atoms with Crippen molar-refractivity contribution in [3.05, 3.63) is 36.0 Å². The topological polar surface area (TPSA) is 67.8 Å². The number of likely N-dealkylation sites (tertiary alicyclic amines) is 1. The van der Waals surface area contributed by atoms with Crippen LogP contribution in [0.5, 0.6) is 5.75 Å². The number of hydrogen-bond acceptors (Lipinski definition) is 6. The Labute approximate surface area is 158 Å². The number of amides is 1. The molecule has 1 aromatic carbocycles. The first kappa shape index (κ1) is 17.7. The van der Waals surface area contributed by atoms with Crippen molar-refractivity contribution in [1.29, 1.82) is 0 Å². The number of nitrogens with zero attached hydrogens (tertiary/aromatic N) is 4. The molecule has 0 bridgehead atoms. The molecule has 142 valence electrons. The summed E-state index contributed by atoms with van der Waals surface area (Å²) in [5, 5.41) is 0. The first-order valence-electron chi connectivity index (χ1n) is 9.40. The lowest BCUT2D eigenvalue weighted by molar-refractivity contribution is 0.0791. The summed E-state index contributed by atoms with van der Waals surface area (Å²) in [6, 6.07) is 7.63. The normalized spacial score (nSPS) is 17.2. The van der Waals surface area contributed by atoms with Crippen LogP contribution >= 0.6 is 0 Å². The molecule has 0 atom stereocenters. The second-order valence-corrected chi connectivity index (χ2v) is 6.76. The lowest BCUT2D eigenvalue weighted by Gasteiger charge is -2.30. The number of ether oxygens (including phenoxy) is 2. The summed E-state index contributed by atoms with van der Waals surface area (Å²) in [7, 11) is 1.64. The molecule has 0 saturated carbocycles. The van der Waals surface area contributed by atoms with Crippen LogP contribution in [0.1, 0.15) is 23.2 Å². The molecule has 1 amide bonds. The fourth-order valence-electron chi connectivity index (χ4n) is 3.51. The minimum absolute atomic E-state index is 0.0234. The monoisotopic (exact) mass is 368 g/mol. The van der Waals surface area contributed by atoms with Gasteiger partial charge in [0.15, 0.2) is 5.82 Å². The maximum Gasteiger partial charge on any atom is 0.259 e. The first-order chi connectivity index (χ1) is 13.3. The average Bonchev–Trinajstić information content (AvgIpc) is 3.28. The highest BCUT2D eigenvalue weighted by Crippen LogP contribution is 2.26. The molecule has 0 radical (unpaired) electrons. The fraction of sp³-hybridized carbons (Fsp3) is 0.450. The minimum atomic E-state index is 0.0234. The highest BCUT2D eigenvalue weighted by atomic mass is 16.5. The largest absolute Gasteiger partial charge is 0.497 e. The molecular weight excluding hydrogens is 344 g/mol. The van der Waals surface area contributed by atoms with Crippen molar-refractivity contribution in [2.75, 3.05) is 51.4 Å². The van der Waals surface area contributed by atoms with Gasteiger partial charge in [0, 0.05) is 37.9 Å². The van der Waals surface area contributed by atoms with E-state index in [1.54, 1.807) is 13.3 Å². The molecule has 2 aromatic rings. The van der Waals surface area contributed by atoms with Crippen molar-refractivity contribution >= 4 is 11.7 Å². The molecule has 4 rings (SSSR count). The maximum atomic E-state index is 13.0. The summed E-state index contributed by atoms with van der Waals surface area (Å²) in [6.07, 6.45) is 3.80. The van der Waals surface area contributed by atoms with Gasteiger partial charge in [0.1, 0.15) is 17.1 Å². The Hall–Kier alpha value is -2.67. The molecule has 2 aliphatic rings. The van der Waals surface area contributed by atoms with E-state index in [1.807, 2.05) is 29.2 Å². The third-order valence-electron chi connectivity index (χ3n) is 5.05. The molecular formula is C20H24N4O3. The third kappa shape index (κ3) is 3.73. The van der Waals surface area contributed by atoms with Crippen molar-refractivity contribution in [2.24, 2.45) is 0 Å². The van der Waals surface area contributed by atoms with E-state index in [4.69, 9.17) is 14.5 Å². The summed E-state index contributed by atoms with van der Waals surface area (Å²) in [5.74, 6) is 2.12. The molecule has 7 nitrogen and oxygen atoms in total. The highest BCUT2D eigenvalue weighted by Gasteiger charge is 2.27. The number of morpholine rings is 1. The van der Waals surface area contributed by atoms with Crippen LogP contribution in [-0.2, 0) is 4.74 Å². The average molecular weight is 368 g/mol. The third-order valence-corrected chi connectivity index (χ3v) is 5.05. The van der Waals surface area contributed by atoms with Gasteiger partial charge < -0.3 is 19.3 Å². The van der Waals surface area contributed by atoms with Gasteiger partial charge in [0.2, 0.25) is 0 Å². The van der Waals surface area contributed by atoms with E-state index in [9.17, 15) is 4.79 Å². The lowest BCUT2D eigenvalue weighted by atomic mass is 10.2. The van der Waals surface area contributed by atoms with Gasteiger partial charge in [0.05, 0.1) is 20.3 Å². The van der Waals surface area contributed by atoms with Gasteiger partial charge >= 0.3 is 0 Å². The summed E-state index contributed by atoms with van der Waals surface area (Å²) < 4.78 is 10.7. The van der Waals surface area contributed by atoms with E-state index >= 15 is 0 Å². The van der Waals surface area contributed by atoms with Gasteiger partial charge in [-0.05, 0) is 37.1 Å². The molecule has 3 heterocycles. The van der Waals surface area contributed by atoms with Gasteiger partial charge in [-0.3, -0.25) is 4.79 Å². The molecule has 0 N–H and O–H groups in total. The van der Waals surface area contributed by atoms with Crippen molar-refractivity contribution in [2.45, 2.75) is 12.8 Å². The minimum Gasteiger partial charge on any atom is -0.497 e. The zero-order valence-electron chi connectivity index (χ0n) is 15.6. The van der Waals surface area contributed by atoms with Crippen molar-refractivity contribution in [3.8, 4) is 17.1 Å². The number of carbonyl (C=O) groups excluding carboxylic acids is 1. The molecule has 0 spiro atoms. The van der Waals surface area contributed by atoms with Crippen LogP contribution in [0.4, 0.5) is 5.82 Å². The Morgan fingerprint density at radius 1 is 1.07 bits per heavy atom. The van der Waals surface area contributed by atoms with E-state index in [2.05, 4.69) is 9.88 Å². The predicted octanol–water partition coefficient (Wildman–Crippen LogP) is 2.22. The van der Waals surface area contributed by atoms with E-state index in [0.29, 0.717) is 30.4 Å². The molecule has 0 unspecified atom stereocenters. The summed E-state index contributed by atoms with van der Waals surface area (Å²) >= 11 is 0. The van der Waals surface area contributed by atoms with E-state index in [-0.39, 0.29) is 5.91 Å². The van der Waals surface area contributed by atoms with Gasteiger partial charge in [0.25, 0.3) is 5.91 Å². The Morgan fingerprint density at radius 2 is 1.78 bits per heavy atom. The Morgan fingerprint density at radius 3 is 2.44 bits per heavy atom. The molecule has 2 fully saturated rings. The maximum absolute atomic E-state index is 13.0. The van der Waals surface area contributed by atoms with Crippen molar-refractivity contribution in [3.63, 3.8) is 0 Å². The van der Waals surface area contributed by atoms with E-state index in [0.717, 1.165) is 50.3 Å². The molecule has 2 saturated heterocycles. The standard InChI is InChI=1S/C20H24N4O3/c1-26-16-6-4-15(5-7-16)18-21-14-17(20(25)24-8-2-3-9-24)19(22-18)23-10-12-27-13-11-23/h4-7,14H,2-3,8-13H2,1H3. The Kier molecular flexibility index (Phi) is 5.20. The van der Waals surface area contributed by atoms with Gasteiger partial charge in [-0.15, -0.1) is 0 Å². The predicted molar refractivity (Wildman–Crippen MR) is 102 cm³/mol. The molecule has 7 heteroatoms. The molecule has 27 heavy (non-hydrogen) atoms. The molecule has 0 aliphatic carbocycles. The fourth-order valence-corrected chi connectivity index (χ4v) is 3.51. The van der Waals surface area contributed by atoms with E-state index in [1.165, 1.54) is 0 Å². The van der Waals surface area contributed by atoms with Crippen LogP contribution in [0.15, 0.2) is 30.5 Å². The molecule has 2 aliphatic heterocycles. The van der Waals surface area contributed by atoms with Crippen LogP contribution in [0.25, 0.3) is 11.4 Å². The van der Waals surface area contributed by atoms with Crippen LogP contribution in [0, 0.1) is 0 Å². The first-order valence-corrected chi connectivity index (χ1v) is 9.40. The number of rotatable bonds is 4. The highest BCUT2D eigenvalue weighted by molar-refractivity contribution is 5.99. The smallest absolute Gasteiger partial charge is 0.259 e. The van der Waals surface area contributed by atoms with Crippen molar-refractivity contribution < 1.29 is 14.3 Å². The summed E-state index contributed by atoms with van der Waals surface area (Å²) in [4.78, 5) is 26.3. The second kappa shape index (κ2) is 7.92. The van der Waals surface area contributed by atoms with Crippen LogP contribution in [-0.4, -0.2) is 67.3 Å². The number of methoxy groups -OCH3 is 1. The SMILES string of the molecule is COc1ccc(-c2ncc(C(=O)N3CCCC3)c(N3CCOCC3)n2)cc1. The Bertz CT molecular complexity index is 797. The Balaban J connectivity index is 1.70. The van der Waals surface area contributed by atoms with Gasteiger partial charge in [-0.1, -0.05) is 0 Å². The number of hydrogen-bond donors (Lipinski definition) is 0. The number of anilines is 1. The van der Waals surface area contributed by atoms with Crippen LogP contribution < -0.4 is 9.64 Å². The second-order valence-electron chi connectivity index (χ2n) is 6.76. The lowest BCUT2D eigenvalue weighted by Crippen LogP contribution is -2.39.